The SMILES string of the molecule is CC(C)N1C/C(=C\c2ccc([N+](=O)[O-])cc2)C(=O)/C(=C/c2ccc([N+](=O)[O-])cc2)C1. The number of carbonyl (C=O) groups excluding carboxylic acids is 1. The Kier molecular flexibility index (Phi) is 6.17. The zero-order valence-electron chi connectivity index (χ0n) is 16.6. The largest absolute Gasteiger partial charge is 0.292 e. The van der Waals surface area contributed by atoms with Crippen molar-refractivity contribution in [3.05, 3.63) is 91.0 Å². The van der Waals surface area contributed by atoms with Crippen LogP contribution in [0.1, 0.15) is 25.0 Å². The Bertz CT molecular complexity index is 958. The van der Waals surface area contributed by atoms with Crippen LogP contribution in [-0.4, -0.2) is 39.7 Å². The van der Waals surface area contributed by atoms with Crippen LogP contribution in [0.3, 0.4) is 0 Å². The molecular weight excluding hydrogens is 386 g/mol. The normalized spacial score (nSPS) is 17.6. The molecule has 2 aromatic rings. The maximum absolute atomic E-state index is 13.1. The zero-order valence-corrected chi connectivity index (χ0v) is 16.6. The van der Waals surface area contributed by atoms with E-state index >= 15 is 0 Å². The number of nitro groups is 2. The minimum atomic E-state index is -0.464. The summed E-state index contributed by atoms with van der Waals surface area (Å²) in [5, 5.41) is 21.7. The molecule has 0 amide bonds. The van der Waals surface area contributed by atoms with Crippen LogP contribution in [0.5, 0.6) is 0 Å². The Morgan fingerprint density at radius 1 is 0.800 bits per heavy atom. The second-order valence-electron chi connectivity index (χ2n) is 7.36. The summed E-state index contributed by atoms with van der Waals surface area (Å²) in [7, 11) is 0. The van der Waals surface area contributed by atoms with Gasteiger partial charge >= 0.3 is 0 Å². The molecule has 8 heteroatoms. The number of likely N-dealkylation sites (tertiary alicyclic amines) is 1. The predicted molar refractivity (Wildman–Crippen MR) is 114 cm³/mol. The van der Waals surface area contributed by atoms with Crippen molar-refractivity contribution in [1.82, 2.24) is 4.90 Å². The Morgan fingerprint density at radius 3 is 1.47 bits per heavy atom. The fourth-order valence-electron chi connectivity index (χ4n) is 3.22. The summed E-state index contributed by atoms with van der Waals surface area (Å²) in [6, 6.07) is 12.3. The van der Waals surface area contributed by atoms with E-state index in [0.717, 1.165) is 0 Å². The zero-order chi connectivity index (χ0) is 21.8. The fourth-order valence-corrected chi connectivity index (χ4v) is 3.22. The van der Waals surface area contributed by atoms with Crippen LogP contribution in [0.25, 0.3) is 12.2 Å². The van der Waals surface area contributed by atoms with Crippen LogP contribution in [-0.2, 0) is 4.79 Å². The van der Waals surface area contributed by atoms with Crippen LogP contribution in [0.4, 0.5) is 11.4 Å². The molecule has 30 heavy (non-hydrogen) atoms. The first kappa shape index (κ1) is 21.1. The van der Waals surface area contributed by atoms with Gasteiger partial charge in [-0.25, -0.2) is 0 Å². The van der Waals surface area contributed by atoms with E-state index in [1.807, 2.05) is 13.8 Å². The summed E-state index contributed by atoms with van der Waals surface area (Å²) >= 11 is 0. The maximum Gasteiger partial charge on any atom is 0.269 e. The minimum Gasteiger partial charge on any atom is -0.292 e. The first-order valence-electron chi connectivity index (χ1n) is 9.43. The summed E-state index contributed by atoms with van der Waals surface area (Å²) in [6.07, 6.45) is 3.51. The average molecular weight is 407 g/mol. The third-order valence-corrected chi connectivity index (χ3v) is 4.95. The molecule has 2 aromatic carbocycles. The van der Waals surface area contributed by atoms with Gasteiger partial charge in [0.15, 0.2) is 5.78 Å². The molecule has 0 bridgehead atoms. The van der Waals surface area contributed by atoms with Gasteiger partial charge in [0.2, 0.25) is 0 Å². The van der Waals surface area contributed by atoms with Crippen molar-refractivity contribution < 1.29 is 14.6 Å². The summed E-state index contributed by atoms with van der Waals surface area (Å²) in [4.78, 5) is 36.0. The van der Waals surface area contributed by atoms with Gasteiger partial charge in [0.25, 0.3) is 11.4 Å². The molecule has 0 aliphatic carbocycles. The number of nitro benzene ring substituents is 2. The third kappa shape index (κ3) is 4.84. The van der Waals surface area contributed by atoms with Gasteiger partial charge in [0.1, 0.15) is 0 Å². The summed E-state index contributed by atoms with van der Waals surface area (Å²) in [5.41, 5.74) is 2.60. The molecule has 1 fully saturated rings. The molecule has 1 aliphatic heterocycles. The molecule has 0 saturated carbocycles. The third-order valence-electron chi connectivity index (χ3n) is 4.95. The molecule has 0 atom stereocenters. The fraction of sp³-hybridized carbons (Fsp3) is 0.227. The summed E-state index contributed by atoms with van der Waals surface area (Å²) in [5.74, 6) is -0.0939. The average Bonchev–Trinajstić information content (AvgIpc) is 2.71. The lowest BCUT2D eigenvalue weighted by atomic mass is 9.93. The van der Waals surface area contributed by atoms with E-state index in [2.05, 4.69) is 4.90 Å². The lowest BCUT2D eigenvalue weighted by Crippen LogP contribution is -2.41. The topological polar surface area (TPSA) is 107 Å². The molecule has 1 heterocycles. The van der Waals surface area contributed by atoms with E-state index < -0.39 is 9.85 Å². The Balaban J connectivity index is 1.93. The lowest BCUT2D eigenvalue weighted by Gasteiger charge is -2.32. The molecule has 0 unspecified atom stereocenters. The van der Waals surface area contributed by atoms with E-state index in [1.54, 1.807) is 36.4 Å². The van der Waals surface area contributed by atoms with Crippen LogP contribution in [0, 0.1) is 20.2 Å². The lowest BCUT2D eigenvalue weighted by molar-refractivity contribution is -0.385. The number of rotatable bonds is 5. The molecule has 0 spiro atoms. The number of ketones is 1. The monoisotopic (exact) mass is 407 g/mol. The number of nitrogens with zero attached hydrogens (tertiary/aromatic N) is 3. The van der Waals surface area contributed by atoms with Crippen molar-refractivity contribution in [3.63, 3.8) is 0 Å². The summed E-state index contributed by atoms with van der Waals surface area (Å²) in [6.45, 7) is 5.04. The number of hydrogen-bond acceptors (Lipinski definition) is 6. The second kappa shape index (κ2) is 8.79. The number of Topliss-reactive ketones (excluding diaryl/α,β-unsaturated/α-hetero) is 1. The van der Waals surface area contributed by atoms with Gasteiger partial charge in [-0.1, -0.05) is 0 Å². The first-order valence-corrected chi connectivity index (χ1v) is 9.43. The van der Waals surface area contributed by atoms with E-state index in [0.29, 0.717) is 35.4 Å². The van der Waals surface area contributed by atoms with Crippen molar-refractivity contribution in [3.8, 4) is 0 Å². The number of benzene rings is 2. The summed E-state index contributed by atoms with van der Waals surface area (Å²) < 4.78 is 0. The van der Waals surface area contributed by atoms with Crippen LogP contribution < -0.4 is 0 Å². The Morgan fingerprint density at radius 2 is 1.17 bits per heavy atom. The van der Waals surface area contributed by atoms with Gasteiger partial charge in [-0.2, -0.15) is 0 Å². The number of carbonyl (C=O) groups is 1. The van der Waals surface area contributed by atoms with Crippen LogP contribution in [0.2, 0.25) is 0 Å². The maximum atomic E-state index is 13.1. The second-order valence-corrected chi connectivity index (χ2v) is 7.36. The van der Waals surface area contributed by atoms with E-state index in [4.69, 9.17) is 0 Å². The molecule has 1 saturated heterocycles. The molecule has 0 aromatic heterocycles. The standard InChI is InChI=1S/C22H21N3O5/c1-15(2)23-13-18(11-16-3-7-20(8-4-16)24(27)28)22(26)19(14-23)12-17-5-9-21(10-6-17)25(29)30/h3-12,15H,13-14H2,1-2H3/b18-11+,19-12+. The van der Waals surface area contributed by atoms with E-state index in [9.17, 15) is 25.0 Å². The smallest absolute Gasteiger partial charge is 0.269 e. The van der Waals surface area contributed by atoms with Crippen molar-refractivity contribution in [2.75, 3.05) is 13.1 Å². The first-order chi connectivity index (χ1) is 14.2. The van der Waals surface area contributed by atoms with Gasteiger partial charge in [0.05, 0.1) is 9.85 Å². The highest BCUT2D eigenvalue weighted by atomic mass is 16.6. The van der Waals surface area contributed by atoms with E-state index in [1.165, 1.54) is 24.3 Å². The quantitative estimate of drug-likeness (QED) is 0.416. The van der Waals surface area contributed by atoms with Crippen molar-refractivity contribution in [2.24, 2.45) is 0 Å². The van der Waals surface area contributed by atoms with Crippen molar-refractivity contribution in [2.45, 2.75) is 19.9 Å². The van der Waals surface area contributed by atoms with Crippen molar-refractivity contribution >= 4 is 29.3 Å². The van der Waals surface area contributed by atoms with Crippen LogP contribution >= 0.6 is 0 Å². The van der Waals surface area contributed by atoms with E-state index in [-0.39, 0.29) is 23.2 Å². The number of hydrogen-bond donors (Lipinski definition) is 0. The highest BCUT2D eigenvalue weighted by Crippen LogP contribution is 2.25. The Hall–Kier alpha value is -3.65. The molecular formula is C22H21N3O5. The number of non-ortho nitro benzene ring substituents is 2. The molecule has 0 N–H and O–H groups in total. The van der Waals surface area contributed by atoms with Gasteiger partial charge in [0, 0.05) is 54.5 Å². The van der Waals surface area contributed by atoms with Gasteiger partial charge in [-0.3, -0.25) is 29.9 Å². The predicted octanol–water partition coefficient (Wildman–Crippen LogP) is 4.26. The molecule has 154 valence electrons. The highest BCUT2D eigenvalue weighted by molar-refractivity contribution is 6.14. The molecule has 3 rings (SSSR count). The molecule has 0 radical (unpaired) electrons. The van der Waals surface area contributed by atoms with Crippen LogP contribution in [0.15, 0.2) is 59.7 Å². The minimum absolute atomic E-state index is 0.00492. The Labute approximate surface area is 173 Å². The van der Waals surface area contributed by atoms with Gasteiger partial charge < -0.3 is 0 Å². The molecule has 8 nitrogen and oxygen atoms in total. The number of piperidine rings is 1. The van der Waals surface area contributed by atoms with Gasteiger partial charge in [-0.15, -0.1) is 0 Å². The highest BCUT2D eigenvalue weighted by Gasteiger charge is 2.27. The molecule has 1 aliphatic rings. The van der Waals surface area contributed by atoms with Gasteiger partial charge in [-0.05, 0) is 61.4 Å². The van der Waals surface area contributed by atoms with Crippen molar-refractivity contribution in [1.29, 1.82) is 0 Å².